The number of hydrogen-bond donors (Lipinski definition) is 0. The van der Waals surface area contributed by atoms with Crippen LogP contribution in [0.5, 0.6) is 0 Å². The predicted octanol–water partition coefficient (Wildman–Crippen LogP) is 6.18. The zero-order valence-electron chi connectivity index (χ0n) is 15.8. The lowest BCUT2D eigenvalue weighted by Crippen LogP contribution is -2.06. The van der Waals surface area contributed by atoms with E-state index in [0.29, 0.717) is 6.04 Å². The van der Waals surface area contributed by atoms with Crippen molar-refractivity contribution in [3.05, 3.63) is 72.4 Å². The molecule has 0 aliphatic carbocycles. The van der Waals surface area contributed by atoms with Crippen LogP contribution in [0.15, 0.2) is 61.1 Å². The van der Waals surface area contributed by atoms with Gasteiger partial charge in [0.25, 0.3) is 0 Å². The van der Waals surface area contributed by atoms with E-state index in [1.165, 1.54) is 12.1 Å². The molecule has 0 amide bonds. The van der Waals surface area contributed by atoms with E-state index in [1.807, 2.05) is 30.5 Å². The normalized spacial score (nSPS) is 12.4. The molecule has 0 spiro atoms. The maximum atomic E-state index is 13.6. The summed E-state index contributed by atoms with van der Waals surface area (Å²) in [7, 11) is 0. The van der Waals surface area contributed by atoms with Gasteiger partial charge < -0.3 is 4.57 Å². The number of pyridine rings is 2. The molecule has 3 nitrogen and oxygen atoms in total. The molecule has 4 heteroatoms. The van der Waals surface area contributed by atoms with Crippen LogP contribution in [0.25, 0.3) is 33.4 Å². The molecule has 0 fully saturated rings. The third-order valence-electron chi connectivity index (χ3n) is 5.10. The molecule has 3 heterocycles. The Kier molecular flexibility index (Phi) is 4.48. The quantitative estimate of drug-likeness (QED) is 0.435. The van der Waals surface area contributed by atoms with Gasteiger partial charge in [-0.1, -0.05) is 19.1 Å². The molecule has 0 N–H and O–H groups in total. The Labute approximate surface area is 158 Å². The molecule has 1 unspecified atom stereocenters. The average molecular weight is 359 g/mol. The highest BCUT2D eigenvalue weighted by Gasteiger charge is 2.23. The number of nitrogens with zero attached hydrogens (tertiary/aromatic N) is 3. The molecule has 3 aromatic heterocycles. The lowest BCUT2D eigenvalue weighted by molar-refractivity contribution is 0.553. The number of aromatic nitrogens is 3. The Hall–Kier alpha value is -3.01. The van der Waals surface area contributed by atoms with Crippen molar-refractivity contribution in [2.24, 2.45) is 0 Å². The minimum Gasteiger partial charge on any atom is -0.336 e. The molecular weight excluding hydrogens is 337 g/mol. The fourth-order valence-electron chi connectivity index (χ4n) is 3.61. The topological polar surface area (TPSA) is 30.7 Å². The number of benzene rings is 1. The van der Waals surface area contributed by atoms with E-state index in [9.17, 15) is 4.39 Å². The molecule has 1 atom stereocenters. The summed E-state index contributed by atoms with van der Waals surface area (Å²) >= 11 is 0. The van der Waals surface area contributed by atoms with Crippen LogP contribution in [0.3, 0.4) is 0 Å². The summed E-state index contributed by atoms with van der Waals surface area (Å²) in [5.74, 6) is -0.237. The SMILES string of the molecule is CCC(C)n1c(-c2ccncc2)c(-c2ccc(F)cc2)c2ncc(C)cc21. The van der Waals surface area contributed by atoms with Crippen molar-refractivity contribution < 1.29 is 4.39 Å². The molecule has 4 rings (SSSR count). The van der Waals surface area contributed by atoms with Gasteiger partial charge in [-0.15, -0.1) is 0 Å². The first kappa shape index (κ1) is 17.4. The highest BCUT2D eigenvalue weighted by Crippen LogP contribution is 2.42. The Balaban J connectivity index is 2.16. The largest absolute Gasteiger partial charge is 0.336 e. The molecule has 0 radical (unpaired) electrons. The monoisotopic (exact) mass is 359 g/mol. The van der Waals surface area contributed by atoms with Gasteiger partial charge in [-0.2, -0.15) is 0 Å². The molecule has 4 aromatic rings. The van der Waals surface area contributed by atoms with Crippen molar-refractivity contribution in [3.63, 3.8) is 0 Å². The molecular formula is C23H22FN3. The highest BCUT2D eigenvalue weighted by atomic mass is 19.1. The number of halogens is 1. The van der Waals surface area contributed by atoms with Gasteiger partial charge in [-0.25, -0.2) is 4.39 Å². The fraction of sp³-hybridized carbons (Fsp3) is 0.217. The summed E-state index contributed by atoms with van der Waals surface area (Å²) in [6.07, 6.45) is 6.51. The van der Waals surface area contributed by atoms with Crippen molar-refractivity contribution in [1.29, 1.82) is 0 Å². The van der Waals surface area contributed by atoms with Gasteiger partial charge in [0, 0.05) is 35.8 Å². The standard InChI is InChI=1S/C23H22FN3/c1-4-16(3)27-20-13-15(2)14-26-22(20)21(17-5-7-19(24)8-6-17)23(27)18-9-11-25-12-10-18/h5-14,16H,4H2,1-3H3. The summed E-state index contributed by atoms with van der Waals surface area (Å²) in [4.78, 5) is 8.95. The first-order valence-electron chi connectivity index (χ1n) is 9.27. The van der Waals surface area contributed by atoms with Crippen LogP contribution >= 0.6 is 0 Å². The number of aryl methyl sites for hydroxylation is 1. The van der Waals surface area contributed by atoms with Crippen LogP contribution in [0, 0.1) is 12.7 Å². The van der Waals surface area contributed by atoms with Gasteiger partial charge in [0.05, 0.1) is 16.7 Å². The lowest BCUT2D eigenvalue weighted by Gasteiger charge is -2.18. The van der Waals surface area contributed by atoms with Crippen molar-refractivity contribution in [2.75, 3.05) is 0 Å². The van der Waals surface area contributed by atoms with Crippen LogP contribution in [0.1, 0.15) is 31.9 Å². The summed E-state index contributed by atoms with van der Waals surface area (Å²) in [5.41, 5.74) is 7.36. The van der Waals surface area contributed by atoms with Gasteiger partial charge >= 0.3 is 0 Å². The Morgan fingerprint density at radius 2 is 1.74 bits per heavy atom. The molecule has 0 aliphatic heterocycles. The molecule has 0 saturated heterocycles. The number of hydrogen-bond acceptors (Lipinski definition) is 2. The van der Waals surface area contributed by atoms with E-state index in [1.54, 1.807) is 12.4 Å². The van der Waals surface area contributed by atoms with E-state index < -0.39 is 0 Å². The van der Waals surface area contributed by atoms with Crippen molar-refractivity contribution in [3.8, 4) is 22.4 Å². The van der Waals surface area contributed by atoms with Crippen LogP contribution in [-0.2, 0) is 0 Å². The summed E-state index contributed by atoms with van der Waals surface area (Å²) in [6, 6.07) is 13.2. The zero-order chi connectivity index (χ0) is 19.0. The smallest absolute Gasteiger partial charge is 0.123 e. The molecule has 0 aliphatic rings. The second kappa shape index (κ2) is 6.95. The maximum absolute atomic E-state index is 13.6. The number of rotatable bonds is 4. The second-order valence-corrected chi connectivity index (χ2v) is 6.97. The Morgan fingerprint density at radius 3 is 2.41 bits per heavy atom. The predicted molar refractivity (Wildman–Crippen MR) is 108 cm³/mol. The minimum atomic E-state index is -0.237. The van der Waals surface area contributed by atoms with Gasteiger partial charge in [0.15, 0.2) is 0 Å². The second-order valence-electron chi connectivity index (χ2n) is 6.97. The molecule has 0 saturated carbocycles. The third-order valence-corrected chi connectivity index (χ3v) is 5.10. The minimum absolute atomic E-state index is 0.237. The van der Waals surface area contributed by atoms with Crippen molar-refractivity contribution in [1.82, 2.24) is 14.5 Å². The fourth-order valence-corrected chi connectivity index (χ4v) is 3.61. The first-order valence-corrected chi connectivity index (χ1v) is 9.27. The Bertz CT molecular complexity index is 1080. The molecule has 0 bridgehead atoms. The highest BCUT2D eigenvalue weighted by molar-refractivity contribution is 6.02. The van der Waals surface area contributed by atoms with Crippen LogP contribution in [-0.4, -0.2) is 14.5 Å². The van der Waals surface area contributed by atoms with Crippen LogP contribution < -0.4 is 0 Å². The molecule has 1 aromatic carbocycles. The number of fused-ring (bicyclic) bond motifs is 1. The van der Waals surface area contributed by atoms with E-state index in [4.69, 9.17) is 4.98 Å². The maximum Gasteiger partial charge on any atom is 0.123 e. The van der Waals surface area contributed by atoms with Gasteiger partial charge in [0.1, 0.15) is 5.82 Å². The van der Waals surface area contributed by atoms with Crippen LogP contribution in [0.4, 0.5) is 4.39 Å². The van der Waals surface area contributed by atoms with Gasteiger partial charge in [-0.3, -0.25) is 9.97 Å². The van der Waals surface area contributed by atoms with E-state index in [0.717, 1.165) is 45.4 Å². The summed E-state index contributed by atoms with van der Waals surface area (Å²) in [6.45, 7) is 6.47. The van der Waals surface area contributed by atoms with E-state index in [-0.39, 0.29) is 5.82 Å². The lowest BCUT2D eigenvalue weighted by atomic mass is 10.0. The third kappa shape index (κ3) is 3.01. The van der Waals surface area contributed by atoms with Crippen LogP contribution in [0.2, 0.25) is 0 Å². The zero-order valence-corrected chi connectivity index (χ0v) is 15.8. The molecule has 27 heavy (non-hydrogen) atoms. The van der Waals surface area contributed by atoms with Crippen molar-refractivity contribution in [2.45, 2.75) is 33.2 Å². The summed E-state index contributed by atoms with van der Waals surface area (Å²) < 4.78 is 15.9. The van der Waals surface area contributed by atoms with Gasteiger partial charge in [0.2, 0.25) is 0 Å². The van der Waals surface area contributed by atoms with E-state index >= 15 is 0 Å². The molecule has 136 valence electrons. The average Bonchev–Trinajstić information content (AvgIpc) is 3.03. The van der Waals surface area contributed by atoms with Crippen molar-refractivity contribution >= 4 is 11.0 Å². The summed E-state index contributed by atoms with van der Waals surface area (Å²) in [5, 5.41) is 0. The van der Waals surface area contributed by atoms with Gasteiger partial charge in [-0.05, 0) is 61.7 Å². The Morgan fingerprint density at radius 1 is 1.04 bits per heavy atom. The van der Waals surface area contributed by atoms with E-state index in [2.05, 4.69) is 36.4 Å². The first-order chi connectivity index (χ1) is 13.1.